The van der Waals surface area contributed by atoms with E-state index in [9.17, 15) is 9.59 Å². The molecule has 6 nitrogen and oxygen atoms in total. The SMILES string of the molecule is COCCN1C(=O)C(=Cc2ccc(OCc3ccccc3)cc2)C(C(=O)OC)=C1C. The normalized spacial score (nSPS) is 15.1. The smallest absolute Gasteiger partial charge is 0.340 e. The number of allylic oxidation sites excluding steroid dienone is 1. The van der Waals surface area contributed by atoms with Crippen LogP contribution in [-0.4, -0.2) is 44.1 Å². The van der Waals surface area contributed by atoms with E-state index in [1.165, 1.54) is 7.11 Å². The summed E-state index contributed by atoms with van der Waals surface area (Å²) in [5.41, 5.74) is 3.03. The van der Waals surface area contributed by atoms with E-state index in [2.05, 4.69) is 0 Å². The number of carbonyl (C=O) groups is 2. The number of methoxy groups -OCH3 is 2. The van der Waals surface area contributed by atoms with E-state index >= 15 is 0 Å². The van der Waals surface area contributed by atoms with Gasteiger partial charge in [-0.05, 0) is 36.3 Å². The highest BCUT2D eigenvalue weighted by atomic mass is 16.5. The molecule has 0 spiro atoms. The van der Waals surface area contributed by atoms with Gasteiger partial charge < -0.3 is 19.1 Å². The van der Waals surface area contributed by atoms with E-state index in [4.69, 9.17) is 14.2 Å². The summed E-state index contributed by atoms with van der Waals surface area (Å²) in [6.45, 7) is 2.95. The molecular formula is C24H25NO5. The zero-order valence-corrected chi connectivity index (χ0v) is 17.4. The largest absolute Gasteiger partial charge is 0.489 e. The minimum atomic E-state index is -0.533. The Labute approximate surface area is 176 Å². The van der Waals surface area contributed by atoms with Crippen LogP contribution in [0.1, 0.15) is 18.1 Å². The molecule has 1 heterocycles. The fourth-order valence-corrected chi connectivity index (χ4v) is 3.25. The van der Waals surface area contributed by atoms with Gasteiger partial charge in [-0.3, -0.25) is 4.79 Å². The van der Waals surface area contributed by atoms with Crippen LogP contribution in [0.2, 0.25) is 0 Å². The van der Waals surface area contributed by atoms with Crippen molar-refractivity contribution in [3.05, 3.63) is 82.6 Å². The third-order valence-corrected chi connectivity index (χ3v) is 4.86. The van der Waals surface area contributed by atoms with Gasteiger partial charge in [-0.15, -0.1) is 0 Å². The van der Waals surface area contributed by atoms with Crippen LogP contribution in [0.3, 0.4) is 0 Å². The molecule has 1 aliphatic heterocycles. The molecule has 0 saturated heterocycles. The highest BCUT2D eigenvalue weighted by molar-refractivity contribution is 6.16. The zero-order valence-electron chi connectivity index (χ0n) is 17.4. The number of nitrogens with zero attached hydrogens (tertiary/aromatic N) is 1. The fraction of sp³-hybridized carbons (Fsp3) is 0.250. The Bertz CT molecular complexity index is 961. The standard InChI is InChI=1S/C24H25NO5/c1-17-22(24(27)29-3)21(23(26)25(17)13-14-28-2)15-18-9-11-20(12-10-18)30-16-19-7-5-4-6-8-19/h4-12,15H,13-14,16H2,1-3H3. The van der Waals surface area contributed by atoms with Crippen molar-refractivity contribution in [2.45, 2.75) is 13.5 Å². The van der Waals surface area contributed by atoms with Gasteiger partial charge in [0, 0.05) is 19.4 Å². The van der Waals surface area contributed by atoms with Crippen molar-refractivity contribution in [2.75, 3.05) is 27.4 Å². The topological polar surface area (TPSA) is 65.1 Å². The van der Waals surface area contributed by atoms with Gasteiger partial charge in [0.25, 0.3) is 5.91 Å². The van der Waals surface area contributed by atoms with E-state index in [0.29, 0.717) is 31.0 Å². The summed E-state index contributed by atoms with van der Waals surface area (Å²) in [5, 5.41) is 0. The second-order valence-electron chi connectivity index (χ2n) is 6.80. The first-order valence-electron chi connectivity index (χ1n) is 9.64. The Balaban J connectivity index is 1.79. The monoisotopic (exact) mass is 407 g/mol. The number of ether oxygens (including phenoxy) is 3. The van der Waals surface area contributed by atoms with Gasteiger partial charge in [0.1, 0.15) is 12.4 Å². The molecular weight excluding hydrogens is 382 g/mol. The average molecular weight is 407 g/mol. The Morgan fingerprint density at radius 2 is 1.73 bits per heavy atom. The van der Waals surface area contributed by atoms with Crippen LogP contribution in [0.15, 0.2) is 71.4 Å². The van der Waals surface area contributed by atoms with Crippen LogP contribution < -0.4 is 4.74 Å². The summed E-state index contributed by atoms with van der Waals surface area (Å²) in [5.74, 6) is -0.0513. The van der Waals surface area contributed by atoms with Crippen LogP contribution in [-0.2, 0) is 25.7 Å². The number of carbonyl (C=O) groups excluding carboxylic acids is 2. The van der Waals surface area contributed by atoms with E-state index in [1.807, 2.05) is 54.6 Å². The minimum absolute atomic E-state index is 0.241. The van der Waals surface area contributed by atoms with Crippen LogP contribution in [0.25, 0.3) is 6.08 Å². The highest BCUT2D eigenvalue weighted by Crippen LogP contribution is 2.31. The first-order valence-corrected chi connectivity index (χ1v) is 9.64. The third kappa shape index (κ3) is 4.78. The van der Waals surface area contributed by atoms with E-state index in [0.717, 1.165) is 16.9 Å². The Morgan fingerprint density at radius 1 is 1.03 bits per heavy atom. The van der Waals surface area contributed by atoms with Crippen molar-refractivity contribution in [1.82, 2.24) is 4.90 Å². The number of hydrogen-bond acceptors (Lipinski definition) is 5. The molecule has 0 saturated carbocycles. The van der Waals surface area contributed by atoms with Gasteiger partial charge in [0.15, 0.2) is 0 Å². The summed E-state index contributed by atoms with van der Waals surface area (Å²) in [4.78, 5) is 26.8. The molecule has 3 rings (SSSR count). The zero-order chi connectivity index (χ0) is 21.5. The van der Waals surface area contributed by atoms with Crippen molar-refractivity contribution in [3.63, 3.8) is 0 Å². The highest BCUT2D eigenvalue weighted by Gasteiger charge is 2.36. The minimum Gasteiger partial charge on any atom is -0.489 e. The molecule has 6 heteroatoms. The molecule has 0 unspecified atom stereocenters. The Hall–Kier alpha value is -3.38. The van der Waals surface area contributed by atoms with Crippen LogP contribution >= 0.6 is 0 Å². The molecule has 0 N–H and O–H groups in total. The number of rotatable bonds is 8. The molecule has 156 valence electrons. The van der Waals surface area contributed by atoms with Gasteiger partial charge >= 0.3 is 5.97 Å². The summed E-state index contributed by atoms with van der Waals surface area (Å²) in [6.07, 6.45) is 1.70. The predicted octanol–water partition coefficient (Wildman–Crippen LogP) is 3.58. The van der Waals surface area contributed by atoms with E-state index < -0.39 is 5.97 Å². The molecule has 0 bridgehead atoms. The maximum Gasteiger partial charge on any atom is 0.340 e. The van der Waals surface area contributed by atoms with E-state index in [1.54, 1.807) is 25.0 Å². The van der Waals surface area contributed by atoms with Crippen molar-refractivity contribution >= 4 is 18.0 Å². The van der Waals surface area contributed by atoms with Crippen molar-refractivity contribution in [2.24, 2.45) is 0 Å². The second-order valence-corrected chi connectivity index (χ2v) is 6.80. The van der Waals surface area contributed by atoms with Gasteiger partial charge in [0.05, 0.1) is 24.9 Å². The molecule has 0 aliphatic carbocycles. The average Bonchev–Trinajstić information content (AvgIpc) is 3.01. The Morgan fingerprint density at radius 3 is 2.37 bits per heavy atom. The molecule has 2 aromatic carbocycles. The van der Waals surface area contributed by atoms with Crippen LogP contribution in [0.5, 0.6) is 5.75 Å². The Kier molecular flexibility index (Phi) is 7.03. The molecule has 0 radical (unpaired) electrons. The van der Waals surface area contributed by atoms with Crippen LogP contribution in [0.4, 0.5) is 0 Å². The first-order chi connectivity index (χ1) is 14.5. The van der Waals surface area contributed by atoms with Gasteiger partial charge in [-0.1, -0.05) is 42.5 Å². The van der Waals surface area contributed by atoms with Crippen LogP contribution in [0, 0.1) is 0 Å². The second kappa shape index (κ2) is 9.89. The predicted molar refractivity (Wildman–Crippen MR) is 113 cm³/mol. The first kappa shape index (κ1) is 21.3. The summed E-state index contributed by atoms with van der Waals surface area (Å²) < 4.78 is 15.8. The lowest BCUT2D eigenvalue weighted by Crippen LogP contribution is -2.28. The molecule has 0 atom stereocenters. The number of esters is 1. The quantitative estimate of drug-likeness (QED) is 0.494. The number of benzene rings is 2. The summed E-state index contributed by atoms with van der Waals surface area (Å²) in [7, 11) is 2.88. The summed E-state index contributed by atoms with van der Waals surface area (Å²) in [6, 6.07) is 17.3. The lowest BCUT2D eigenvalue weighted by atomic mass is 10.0. The van der Waals surface area contributed by atoms with Crippen molar-refractivity contribution < 1.29 is 23.8 Å². The van der Waals surface area contributed by atoms with Gasteiger partial charge in [0.2, 0.25) is 0 Å². The van der Waals surface area contributed by atoms with E-state index in [-0.39, 0.29) is 11.5 Å². The summed E-state index contributed by atoms with van der Waals surface area (Å²) >= 11 is 0. The van der Waals surface area contributed by atoms with Crippen molar-refractivity contribution in [1.29, 1.82) is 0 Å². The maximum absolute atomic E-state index is 12.9. The molecule has 30 heavy (non-hydrogen) atoms. The van der Waals surface area contributed by atoms with Crippen molar-refractivity contribution in [3.8, 4) is 5.75 Å². The molecule has 1 amide bonds. The third-order valence-electron chi connectivity index (χ3n) is 4.86. The molecule has 2 aromatic rings. The number of hydrogen-bond donors (Lipinski definition) is 0. The lowest BCUT2D eigenvalue weighted by molar-refractivity contribution is -0.136. The molecule has 0 aromatic heterocycles. The molecule has 0 fully saturated rings. The van der Waals surface area contributed by atoms with Gasteiger partial charge in [-0.25, -0.2) is 4.79 Å². The fourth-order valence-electron chi connectivity index (χ4n) is 3.25. The lowest BCUT2D eigenvalue weighted by Gasteiger charge is -2.16. The molecule has 1 aliphatic rings. The maximum atomic E-state index is 12.9. The number of amides is 1. The van der Waals surface area contributed by atoms with Gasteiger partial charge in [-0.2, -0.15) is 0 Å².